The molecule has 0 aliphatic rings. The Balaban J connectivity index is 0.00000256. The molecule has 98 valence electrons. The topological polar surface area (TPSA) is 72.2 Å². The minimum absolute atomic E-state index is 0. The molecule has 0 radical (unpaired) electrons. The lowest BCUT2D eigenvalue weighted by molar-refractivity contribution is 0.555. The maximum atomic E-state index is 11.7. The summed E-state index contributed by atoms with van der Waals surface area (Å²) in [6, 6.07) is 6.88. The van der Waals surface area contributed by atoms with Crippen molar-refractivity contribution < 1.29 is 8.42 Å². The molecule has 0 heterocycles. The Labute approximate surface area is 109 Å². The van der Waals surface area contributed by atoms with Gasteiger partial charge in [0.25, 0.3) is 0 Å². The van der Waals surface area contributed by atoms with Gasteiger partial charge in [-0.2, -0.15) is 0 Å². The van der Waals surface area contributed by atoms with E-state index in [-0.39, 0.29) is 24.2 Å². The fourth-order valence-corrected chi connectivity index (χ4v) is 2.82. The van der Waals surface area contributed by atoms with Crippen molar-refractivity contribution in [1.82, 2.24) is 4.72 Å². The van der Waals surface area contributed by atoms with E-state index in [0.717, 1.165) is 6.42 Å². The van der Waals surface area contributed by atoms with Crippen molar-refractivity contribution in [2.24, 2.45) is 0 Å². The second kappa shape index (κ2) is 6.83. The first-order valence-electron chi connectivity index (χ1n) is 5.27. The molecule has 3 N–H and O–H groups in total. The minimum atomic E-state index is -3.27. The second-order valence-corrected chi connectivity index (χ2v) is 5.69. The Hall–Kier alpha value is -0.780. The minimum Gasteiger partial charge on any atom is -0.399 e. The van der Waals surface area contributed by atoms with Crippen LogP contribution in [0.5, 0.6) is 0 Å². The van der Waals surface area contributed by atoms with E-state index >= 15 is 0 Å². The molecule has 0 saturated heterocycles. The third-order valence-electron chi connectivity index (χ3n) is 2.30. The van der Waals surface area contributed by atoms with Crippen LogP contribution in [-0.4, -0.2) is 14.5 Å². The van der Waals surface area contributed by atoms with Gasteiger partial charge in [-0.05, 0) is 31.0 Å². The maximum absolute atomic E-state index is 11.7. The van der Waals surface area contributed by atoms with Crippen LogP contribution in [0.4, 0.5) is 5.69 Å². The lowest BCUT2D eigenvalue weighted by Gasteiger charge is -2.12. The molecule has 1 aromatic rings. The van der Waals surface area contributed by atoms with E-state index in [9.17, 15) is 8.42 Å². The van der Waals surface area contributed by atoms with Crippen molar-refractivity contribution >= 4 is 28.1 Å². The van der Waals surface area contributed by atoms with E-state index in [1.165, 1.54) is 0 Å². The highest BCUT2D eigenvalue weighted by atomic mass is 35.5. The predicted molar refractivity (Wildman–Crippen MR) is 73.6 cm³/mol. The smallest absolute Gasteiger partial charge is 0.216 e. The largest absolute Gasteiger partial charge is 0.399 e. The molecule has 0 bridgehead atoms. The van der Waals surface area contributed by atoms with E-state index < -0.39 is 10.0 Å². The summed E-state index contributed by atoms with van der Waals surface area (Å²) < 4.78 is 26.1. The summed E-state index contributed by atoms with van der Waals surface area (Å²) >= 11 is 0. The van der Waals surface area contributed by atoms with Crippen molar-refractivity contribution in [2.75, 3.05) is 5.73 Å². The van der Waals surface area contributed by atoms with Crippen LogP contribution in [0.3, 0.4) is 0 Å². The number of nitrogens with one attached hydrogen (secondary N) is 1. The first-order chi connectivity index (χ1) is 7.43. The monoisotopic (exact) mass is 278 g/mol. The van der Waals surface area contributed by atoms with Gasteiger partial charge < -0.3 is 5.73 Å². The Kier molecular flexibility index (Phi) is 6.52. The number of sulfonamides is 1. The van der Waals surface area contributed by atoms with E-state index in [1.54, 1.807) is 24.3 Å². The fraction of sp³-hybridized carbons (Fsp3) is 0.455. The molecule has 0 aliphatic heterocycles. The zero-order valence-electron chi connectivity index (χ0n) is 10.0. The molecule has 1 atom stereocenters. The van der Waals surface area contributed by atoms with Crippen LogP contribution >= 0.6 is 12.4 Å². The van der Waals surface area contributed by atoms with Crippen LogP contribution in [0.15, 0.2) is 24.3 Å². The quantitative estimate of drug-likeness (QED) is 0.808. The number of hydrogen-bond donors (Lipinski definition) is 2. The molecular formula is C11H19ClN2O2S. The van der Waals surface area contributed by atoms with Gasteiger partial charge in [0.05, 0.1) is 5.75 Å². The summed E-state index contributed by atoms with van der Waals surface area (Å²) in [5, 5.41) is 0. The van der Waals surface area contributed by atoms with Crippen LogP contribution in [0.2, 0.25) is 0 Å². The molecule has 0 spiro atoms. The Morgan fingerprint density at radius 3 is 2.59 bits per heavy atom. The molecule has 1 aromatic carbocycles. The number of benzene rings is 1. The standard InChI is InChI=1S/C11H18N2O2S.ClH/c1-3-9(2)13-16(14,15)8-10-5-4-6-11(12)7-10;/h4-7,9,13H,3,8,12H2,1-2H3;1H. The zero-order chi connectivity index (χ0) is 12.2. The predicted octanol–water partition coefficient (Wildman–Crippen LogP) is 1.91. The van der Waals surface area contributed by atoms with Crippen molar-refractivity contribution in [2.45, 2.75) is 32.1 Å². The maximum Gasteiger partial charge on any atom is 0.216 e. The molecule has 0 fully saturated rings. The third-order valence-corrected chi connectivity index (χ3v) is 3.78. The van der Waals surface area contributed by atoms with Gasteiger partial charge in [-0.25, -0.2) is 13.1 Å². The number of anilines is 1. The van der Waals surface area contributed by atoms with Crippen LogP contribution in [-0.2, 0) is 15.8 Å². The third kappa shape index (κ3) is 5.91. The van der Waals surface area contributed by atoms with Gasteiger partial charge in [-0.1, -0.05) is 19.1 Å². The first kappa shape index (κ1) is 16.2. The number of nitrogens with two attached hydrogens (primary N) is 1. The molecule has 1 unspecified atom stereocenters. The number of hydrogen-bond acceptors (Lipinski definition) is 3. The average molecular weight is 279 g/mol. The Morgan fingerprint density at radius 1 is 1.41 bits per heavy atom. The highest BCUT2D eigenvalue weighted by Gasteiger charge is 2.14. The van der Waals surface area contributed by atoms with E-state index in [4.69, 9.17) is 5.73 Å². The number of rotatable bonds is 5. The van der Waals surface area contributed by atoms with Gasteiger partial charge in [-0.3, -0.25) is 0 Å². The molecule has 17 heavy (non-hydrogen) atoms. The van der Waals surface area contributed by atoms with E-state index in [0.29, 0.717) is 11.3 Å². The lowest BCUT2D eigenvalue weighted by Crippen LogP contribution is -2.32. The average Bonchev–Trinajstić information content (AvgIpc) is 2.15. The molecule has 4 nitrogen and oxygen atoms in total. The molecule has 0 aliphatic carbocycles. The normalized spacial score (nSPS) is 12.8. The molecule has 0 aromatic heterocycles. The number of nitrogen functional groups attached to an aromatic ring is 1. The summed E-state index contributed by atoms with van der Waals surface area (Å²) in [6.45, 7) is 3.78. The summed E-state index contributed by atoms with van der Waals surface area (Å²) in [4.78, 5) is 0. The SMILES string of the molecule is CCC(C)NS(=O)(=O)Cc1cccc(N)c1.Cl. The zero-order valence-corrected chi connectivity index (χ0v) is 11.6. The number of halogens is 1. The van der Waals surface area contributed by atoms with Crippen molar-refractivity contribution in [3.05, 3.63) is 29.8 Å². The summed E-state index contributed by atoms with van der Waals surface area (Å²) in [5.41, 5.74) is 6.87. The summed E-state index contributed by atoms with van der Waals surface area (Å²) in [7, 11) is -3.27. The van der Waals surface area contributed by atoms with Crippen molar-refractivity contribution in [3.63, 3.8) is 0 Å². The van der Waals surface area contributed by atoms with Crippen molar-refractivity contribution in [3.8, 4) is 0 Å². The van der Waals surface area contributed by atoms with Gasteiger partial charge >= 0.3 is 0 Å². The molecule has 0 amide bonds. The Morgan fingerprint density at radius 2 is 2.06 bits per heavy atom. The van der Waals surface area contributed by atoms with Crippen LogP contribution in [0, 0.1) is 0 Å². The molecule has 6 heteroatoms. The Bertz CT molecular complexity index is 449. The molecule has 1 rings (SSSR count). The summed E-state index contributed by atoms with van der Waals surface area (Å²) in [5.74, 6) is -0.0254. The van der Waals surface area contributed by atoms with Gasteiger partial charge in [-0.15, -0.1) is 12.4 Å². The molecular weight excluding hydrogens is 260 g/mol. The molecule has 0 saturated carbocycles. The van der Waals surface area contributed by atoms with Crippen molar-refractivity contribution in [1.29, 1.82) is 0 Å². The van der Waals surface area contributed by atoms with Crippen LogP contribution in [0.1, 0.15) is 25.8 Å². The lowest BCUT2D eigenvalue weighted by atomic mass is 10.2. The summed E-state index contributed by atoms with van der Waals surface area (Å²) in [6.07, 6.45) is 0.774. The van der Waals surface area contributed by atoms with Gasteiger partial charge in [0.1, 0.15) is 0 Å². The van der Waals surface area contributed by atoms with Gasteiger partial charge in [0.2, 0.25) is 10.0 Å². The van der Waals surface area contributed by atoms with Gasteiger partial charge in [0, 0.05) is 11.7 Å². The second-order valence-electron chi connectivity index (χ2n) is 3.93. The van der Waals surface area contributed by atoms with E-state index in [2.05, 4.69) is 4.72 Å². The van der Waals surface area contributed by atoms with Gasteiger partial charge in [0.15, 0.2) is 0 Å². The highest BCUT2D eigenvalue weighted by Crippen LogP contribution is 2.10. The fourth-order valence-electron chi connectivity index (χ4n) is 1.33. The van der Waals surface area contributed by atoms with Crippen LogP contribution in [0.25, 0.3) is 0 Å². The highest BCUT2D eigenvalue weighted by molar-refractivity contribution is 7.88. The van der Waals surface area contributed by atoms with Crippen LogP contribution < -0.4 is 10.5 Å². The first-order valence-corrected chi connectivity index (χ1v) is 6.92. The van der Waals surface area contributed by atoms with E-state index in [1.807, 2.05) is 13.8 Å².